The molecule has 1 rings (SSSR count). The molecule has 0 aromatic carbocycles. The highest BCUT2D eigenvalue weighted by Crippen LogP contribution is 1.96. The lowest BCUT2D eigenvalue weighted by Crippen LogP contribution is -2.49. The van der Waals surface area contributed by atoms with Gasteiger partial charge in [-0.05, 0) is 13.0 Å². The molecule has 1 saturated heterocycles. The van der Waals surface area contributed by atoms with Gasteiger partial charge in [-0.2, -0.15) is 0 Å². The second-order valence-corrected chi connectivity index (χ2v) is 5.34. The van der Waals surface area contributed by atoms with Crippen LogP contribution in [0.3, 0.4) is 0 Å². The summed E-state index contributed by atoms with van der Waals surface area (Å²) in [5.74, 6) is 0.792. The van der Waals surface area contributed by atoms with E-state index in [2.05, 4.69) is 19.2 Å². The number of nitrogens with one attached hydrogen (secondary N) is 1. The van der Waals surface area contributed by atoms with Gasteiger partial charge in [-0.15, -0.1) is 0 Å². The van der Waals surface area contributed by atoms with Crippen molar-refractivity contribution in [2.45, 2.75) is 13.8 Å². The van der Waals surface area contributed by atoms with Crippen molar-refractivity contribution in [3.63, 3.8) is 0 Å². The molecule has 1 aliphatic heterocycles. The molecule has 1 N–H and O–H groups in total. The van der Waals surface area contributed by atoms with Gasteiger partial charge in [0, 0.05) is 39.3 Å². The molecule has 1 aliphatic rings. The van der Waals surface area contributed by atoms with Crippen LogP contribution in [0.4, 0.5) is 0 Å². The lowest BCUT2D eigenvalue weighted by molar-refractivity contribution is -0.132. The van der Waals surface area contributed by atoms with Crippen LogP contribution in [0.1, 0.15) is 13.8 Å². The SMILES string of the molecule is CC(C)COCCN(C)CC(=O)N1CCNCC1. The number of carbonyl (C=O) groups excluding carboxylic acids is 1. The maximum absolute atomic E-state index is 12.0. The molecule has 5 heteroatoms. The molecule has 0 atom stereocenters. The molecule has 0 aromatic heterocycles. The van der Waals surface area contributed by atoms with Crippen LogP contribution >= 0.6 is 0 Å². The first-order chi connectivity index (χ1) is 8.59. The van der Waals surface area contributed by atoms with Crippen molar-refractivity contribution in [1.29, 1.82) is 0 Å². The van der Waals surface area contributed by atoms with Gasteiger partial charge in [0.2, 0.25) is 5.91 Å². The van der Waals surface area contributed by atoms with Gasteiger partial charge in [0.25, 0.3) is 0 Å². The van der Waals surface area contributed by atoms with E-state index >= 15 is 0 Å². The summed E-state index contributed by atoms with van der Waals surface area (Å²) in [6.45, 7) is 10.5. The highest BCUT2D eigenvalue weighted by atomic mass is 16.5. The largest absolute Gasteiger partial charge is 0.380 e. The van der Waals surface area contributed by atoms with E-state index in [0.29, 0.717) is 19.1 Å². The maximum Gasteiger partial charge on any atom is 0.236 e. The molecule has 0 bridgehead atoms. The summed E-state index contributed by atoms with van der Waals surface area (Å²) >= 11 is 0. The fourth-order valence-corrected chi connectivity index (χ4v) is 1.86. The predicted molar refractivity (Wildman–Crippen MR) is 72.6 cm³/mol. The van der Waals surface area contributed by atoms with Crippen molar-refractivity contribution in [1.82, 2.24) is 15.1 Å². The molecule has 1 fully saturated rings. The summed E-state index contributed by atoms with van der Waals surface area (Å²) in [7, 11) is 1.97. The van der Waals surface area contributed by atoms with E-state index in [9.17, 15) is 4.79 Å². The molecule has 0 aromatic rings. The normalized spacial score (nSPS) is 16.6. The first-order valence-electron chi connectivity index (χ1n) is 6.84. The average molecular weight is 257 g/mol. The number of carbonyl (C=O) groups is 1. The van der Waals surface area contributed by atoms with Crippen molar-refractivity contribution in [3.8, 4) is 0 Å². The first kappa shape index (κ1) is 15.4. The van der Waals surface area contributed by atoms with Crippen molar-refractivity contribution in [2.75, 3.05) is 59.5 Å². The van der Waals surface area contributed by atoms with E-state index in [-0.39, 0.29) is 5.91 Å². The first-order valence-corrected chi connectivity index (χ1v) is 6.84. The van der Waals surface area contributed by atoms with Crippen molar-refractivity contribution in [2.24, 2.45) is 5.92 Å². The van der Waals surface area contributed by atoms with Crippen LogP contribution in [0.25, 0.3) is 0 Å². The number of amides is 1. The van der Waals surface area contributed by atoms with Crippen molar-refractivity contribution >= 4 is 5.91 Å². The smallest absolute Gasteiger partial charge is 0.236 e. The van der Waals surface area contributed by atoms with Crippen LogP contribution in [0.2, 0.25) is 0 Å². The molecule has 106 valence electrons. The third kappa shape index (κ3) is 6.33. The third-order valence-electron chi connectivity index (χ3n) is 2.94. The monoisotopic (exact) mass is 257 g/mol. The molecule has 1 amide bonds. The Labute approximate surface area is 110 Å². The fraction of sp³-hybridized carbons (Fsp3) is 0.923. The zero-order chi connectivity index (χ0) is 13.4. The fourth-order valence-electron chi connectivity index (χ4n) is 1.86. The summed E-state index contributed by atoms with van der Waals surface area (Å²) in [4.78, 5) is 15.9. The molecule has 0 aliphatic carbocycles. The standard InChI is InChI=1S/C13H27N3O2/c1-12(2)11-18-9-8-15(3)10-13(17)16-6-4-14-5-7-16/h12,14H,4-11H2,1-3H3. The highest BCUT2D eigenvalue weighted by Gasteiger charge is 2.17. The summed E-state index contributed by atoms with van der Waals surface area (Å²) in [6, 6.07) is 0. The van der Waals surface area contributed by atoms with Gasteiger partial charge in [-0.3, -0.25) is 9.69 Å². The number of likely N-dealkylation sites (N-methyl/N-ethyl adjacent to an activating group) is 1. The summed E-state index contributed by atoms with van der Waals surface area (Å²) in [5.41, 5.74) is 0. The number of hydrogen-bond donors (Lipinski definition) is 1. The minimum atomic E-state index is 0.225. The summed E-state index contributed by atoms with van der Waals surface area (Å²) in [6.07, 6.45) is 0. The Balaban J connectivity index is 2.10. The van der Waals surface area contributed by atoms with E-state index in [0.717, 1.165) is 39.3 Å². The highest BCUT2D eigenvalue weighted by molar-refractivity contribution is 5.78. The number of ether oxygens (including phenoxy) is 1. The van der Waals surface area contributed by atoms with Gasteiger partial charge < -0.3 is 15.0 Å². The van der Waals surface area contributed by atoms with Crippen molar-refractivity contribution in [3.05, 3.63) is 0 Å². The van der Waals surface area contributed by atoms with E-state index in [1.165, 1.54) is 0 Å². The van der Waals surface area contributed by atoms with Gasteiger partial charge in [-0.1, -0.05) is 13.8 Å². The van der Waals surface area contributed by atoms with Crippen LogP contribution in [0, 0.1) is 5.92 Å². The third-order valence-corrected chi connectivity index (χ3v) is 2.94. The molecule has 18 heavy (non-hydrogen) atoms. The van der Waals surface area contributed by atoms with Crippen LogP contribution in [-0.4, -0.2) is 75.2 Å². The molecule has 0 spiro atoms. The summed E-state index contributed by atoms with van der Waals surface area (Å²) < 4.78 is 5.52. The zero-order valence-corrected chi connectivity index (χ0v) is 11.9. The Morgan fingerprint density at radius 2 is 2.06 bits per heavy atom. The van der Waals surface area contributed by atoms with Crippen LogP contribution in [0.5, 0.6) is 0 Å². The Kier molecular flexibility index (Phi) is 7.23. The van der Waals surface area contributed by atoms with Crippen LogP contribution in [-0.2, 0) is 9.53 Å². The van der Waals surface area contributed by atoms with E-state index in [4.69, 9.17) is 4.74 Å². The van der Waals surface area contributed by atoms with Gasteiger partial charge in [0.05, 0.1) is 13.2 Å². The Hall–Kier alpha value is -0.650. The van der Waals surface area contributed by atoms with Gasteiger partial charge in [0.1, 0.15) is 0 Å². The molecule has 0 unspecified atom stereocenters. The minimum Gasteiger partial charge on any atom is -0.380 e. The molecule has 0 radical (unpaired) electrons. The van der Waals surface area contributed by atoms with E-state index in [1.807, 2.05) is 16.8 Å². The Morgan fingerprint density at radius 1 is 1.39 bits per heavy atom. The second kappa shape index (κ2) is 8.45. The molecule has 5 nitrogen and oxygen atoms in total. The molecule has 0 saturated carbocycles. The average Bonchev–Trinajstić information content (AvgIpc) is 2.35. The van der Waals surface area contributed by atoms with Gasteiger partial charge in [-0.25, -0.2) is 0 Å². The zero-order valence-electron chi connectivity index (χ0n) is 11.9. The second-order valence-electron chi connectivity index (χ2n) is 5.34. The Bertz CT molecular complexity index is 240. The summed E-state index contributed by atoms with van der Waals surface area (Å²) in [5, 5.41) is 3.25. The maximum atomic E-state index is 12.0. The van der Waals surface area contributed by atoms with Gasteiger partial charge >= 0.3 is 0 Å². The van der Waals surface area contributed by atoms with Crippen LogP contribution in [0.15, 0.2) is 0 Å². The number of piperazine rings is 1. The van der Waals surface area contributed by atoms with E-state index in [1.54, 1.807) is 0 Å². The lowest BCUT2D eigenvalue weighted by Gasteiger charge is -2.29. The number of nitrogens with zero attached hydrogens (tertiary/aromatic N) is 2. The topological polar surface area (TPSA) is 44.8 Å². The number of rotatable bonds is 7. The van der Waals surface area contributed by atoms with Crippen molar-refractivity contribution < 1.29 is 9.53 Å². The Morgan fingerprint density at radius 3 is 2.67 bits per heavy atom. The predicted octanol–water partition coefficient (Wildman–Crippen LogP) is 0.0226. The lowest BCUT2D eigenvalue weighted by atomic mass is 10.2. The molecular formula is C13H27N3O2. The van der Waals surface area contributed by atoms with E-state index < -0.39 is 0 Å². The quantitative estimate of drug-likeness (QED) is 0.653. The molecule has 1 heterocycles. The minimum absolute atomic E-state index is 0.225. The van der Waals surface area contributed by atoms with Crippen LogP contribution < -0.4 is 5.32 Å². The van der Waals surface area contributed by atoms with Gasteiger partial charge in [0.15, 0.2) is 0 Å². The molecular weight excluding hydrogens is 230 g/mol. The number of hydrogen-bond acceptors (Lipinski definition) is 4.